The predicted molar refractivity (Wildman–Crippen MR) is 106 cm³/mol. The van der Waals surface area contributed by atoms with E-state index in [0.29, 0.717) is 23.3 Å². The van der Waals surface area contributed by atoms with Crippen LogP contribution in [0.2, 0.25) is 5.02 Å². The first-order chi connectivity index (χ1) is 13.6. The Labute approximate surface area is 166 Å². The van der Waals surface area contributed by atoms with Gasteiger partial charge in [-0.15, -0.1) is 10.2 Å². The number of rotatable bonds is 6. The van der Waals surface area contributed by atoms with E-state index >= 15 is 0 Å². The Kier molecular flexibility index (Phi) is 5.03. The number of nitrogens with zero attached hydrogens (tertiary/aromatic N) is 7. The van der Waals surface area contributed by atoms with E-state index < -0.39 is 0 Å². The Hall–Kier alpha value is -3.26. The summed E-state index contributed by atoms with van der Waals surface area (Å²) in [5, 5.41) is 12.8. The lowest BCUT2D eigenvalue weighted by atomic mass is 10.2. The number of hydrogen-bond acceptors (Lipinski definition) is 7. The van der Waals surface area contributed by atoms with Crippen molar-refractivity contribution < 1.29 is 4.52 Å². The first kappa shape index (κ1) is 18.1. The highest BCUT2D eigenvalue weighted by Crippen LogP contribution is 2.24. The van der Waals surface area contributed by atoms with Crippen molar-refractivity contribution >= 4 is 17.4 Å². The van der Waals surface area contributed by atoms with Gasteiger partial charge in [0.25, 0.3) is 5.89 Å². The van der Waals surface area contributed by atoms with Gasteiger partial charge in [0.05, 0.1) is 12.1 Å². The maximum absolute atomic E-state index is 6.02. The van der Waals surface area contributed by atoms with Crippen LogP contribution < -0.4 is 4.90 Å². The number of hydrogen-bond donors (Lipinski definition) is 0. The molecule has 0 radical (unpaired) electrons. The second kappa shape index (κ2) is 7.77. The minimum absolute atomic E-state index is 0.405. The van der Waals surface area contributed by atoms with Crippen LogP contribution >= 0.6 is 11.6 Å². The second-order valence-electron chi connectivity index (χ2n) is 6.23. The molecule has 1 aromatic carbocycles. The van der Waals surface area contributed by atoms with Crippen molar-refractivity contribution in [3.8, 4) is 22.8 Å². The van der Waals surface area contributed by atoms with Gasteiger partial charge in [-0.3, -0.25) is 0 Å². The van der Waals surface area contributed by atoms with Gasteiger partial charge in [0.2, 0.25) is 5.82 Å². The highest BCUT2D eigenvalue weighted by Gasteiger charge is 2.13. The smallest absolute Gasteiger partial charge is 0.259 e. The fraction of sp³-hybridized carbons (Fsp3) is 0.211. The first-order valence-corrected chi connectivity index (χ1v) is 9.15. The number of aromatic nitrogens is 6. The van der Waals surface area contributed by atoms with E-state index in [4.69, 9.17) is 16.1 Å². The van der Waals surface area contributed by atoms with Crippen LogP contribution in [-0.4, -0.2) is 36.9 Å². The number of anilines is 1. The van der Waals surface area contributed by atoms with Crippen molar-refractivity contribution in [2.24, 2.45) is 0 Å². The maximum atomic E-state index is 6.02. The van der Waals surface area contributed by atoms with Crippen molar-refractivity contribution in [3.05, 3.63) is 59.8 Å². The standard InChI is InChI=1S/C19H18ClN7O/c1-3-27-12-22-24-17(27)11-26(2)16-8-7-14(10-21-16)19-23-18(25-28-19)13-5-4-6-15(20)9-13/h4-10,12H,3,11H2,1-2H3. The van der Waals surface area contributed by atoms with Gasteiger partial charge in [0.15, 0.2) is 5.82 Å². The number of halogens is 1. The SMILES string of the molecule is CCn1cnnc1CN(C)c1ccc(-c2nc(-c3cccc(Cl)c3)no2)cn1. The number of pyridine rings is 1. The van der Waals surface area contributed by atoms with Gasteiger partial charge in [-0.25, -0.2) is 4.98 Å². The molecule has 0 bridgehead atoms. The molecule has 0 aliphatic carbocycles. The molecule has 8 nitrogen and oxygen atoms in total. The topological polar surface area (TPSA) is 85.8 Å². The van der Waals surface area contributed by atoms with Crippen LogP contribution in [0.1, 0.15) is 12.7 Å². The molecule has 3 heterocycles. The van der Waals surface area contributed by atoms with E-state index in [-0.39, 0.29) is 0 Å². The van der Waals surface area contributed by atoms with Crippen LogP contribution in [0, 0.1) is 0 Å². The Balaban J connectivity index is 1.50. The number of benzene rings is 1. The van der Waals surface area contributed by atoms with Crippen LogP contribution in [-0.2, 0) is 13.1 Å². The van der Waals surface area contributed by atoms with E-state index in [1.807, 2.05) is 40.8 Å². The van der Waals surface area contributed by atoms with Crippen LogP contribution in [0.5, 0.6) is 0 Å². The van der Waals surface area contributed by atoms with E-state index in [0.717, 1.165) is 29.3 Å². The Bertz CT molecular complexity index is 1070. The lowest BCUT2D eigenvalue weighted by Gasteiger charge is -2.17. The second-order valence-corrected chi connectivity index (χ2v) is 6.66. The molecule has 28 heavy (non-hydrogen) atoms. The van der Waals surface area contributed by atoms with Gasteiger partial charge in [0, 0.05) is 30.4 Å². The third-order valence-electron chi connectivity index (χ3n) is 4.31. The molecular formula is C19H18ClN7O. The fourth-order valence-electron chi connectivity index (χ4n) is 2.78. The molecule has 0 saturated carbocycles. The molecule has 142 valence electrons. The van der Waals surface area contributed by atoms with Gasteiger partial charge in [-0.1, -0.05) is 28.9 Å². The number of aryl methyl sites for hydroxylation is 1. The molecule has 0 atom stereocenters. The summed E-state index contributed by atoms with van der Waals surface area (Å²) in [4.78, 5) is 11.0. The van der Waals surface area contributed by atoms with Gasteiger partial charge < -0.3 is 14.0 Å². The zero-order valence-corrected chi connectivity index (χ0v) is 16.2. The first-order valence-electron chi connectivity index (χ1n) is 8.78. The molecule has 0 aliphatic rings. The Morgan fingerprint density at radius 3 is 2.82 bits per heavy atom. The maximum Gasteiger partial charge on any atom is 0.259 e. The third kappa shape index (κ3) is 3.72. The van der Waals surface area contributed by atoms with E-state index in [1.54, 1.807) is 24.7 Å². The van der Waals surface area contributed by atoms with Crippen molar-refractivity contribution in [3.63, 3.8) is 0 Å². The molecule has 0 N–H and O–H groups in total. The molecular weight excluding hydrogens is 378 g/mol. The highest BCUT2D eigenvalue weighted by molar-refractivity contribution is 6.30. The summed E-state index contributed by atoms with van der Waals surface area (Å²) >= 11 is 6.02. The van der Waals surface area contributed by atoms with Crippen LogP contribution in [0.15, 0.2) is 53.4 Å². The molecule has 0 saturated heterocycles. The van der Waals surface area contributed by atoms with Crippen molar-refractivity contribution in [1.82, 2.24) is 29.9 Å². The summed E-state index contributed by atoms with van der Waals surface area (Å²) in [7, 11) is 1.96. The molecule has 0 spiro atoms. The minimum Gasteiger partial charge on any atom is -0.352 e. The zero-order chi connectivity index (χ0) is 19.5. The summed E-state index contributed by atoms with van der Waals surface area (Å²) in [5.74, 6) is 2.59. The predicted octanol–water partition coefficient (Wildman–Crippen LogP) is 3.70. The summed E-state index contributed by atoms with van der Waals surface area (Å²) < 4.78 is 7.38. The quantitative estimate of drug-likeness (QED) is 0.492. The van der Waals surface area contributed by atoms with Gasteiger partial charge in [0.1, 0.15) is 12.1 Å². The van der Waals surface area contributed by atoms with Crippen molar-refractivity contribution in [2.75, 3.05) is 11.9 Å². The normalized spacial score (nSPS) is 11.0. The molecule has 3 aromatic heterocycles. The summed E-state index contributed by atoms with van der Waals surface area (Å²) in [5.41, 5.74) is 1.54. The molecule has 0 fully saturated rings. The largest absolute Gasteiger partial charge is 0.352 e. The monoisotopic (exact) mass is 395 g/mol. The van der Waals surface area contributed by atoms with Crippen LogP contribution in [0.25, 0.3) is 22.8 Å². The Morgan fingerprint density at radius 2 is 2.07 bits per heavy atom. The lowest BCUT2D eigenvalue weighted by molar-refractivity contribution is 0.432. The molecule has 9 heteroatoms. The fourth-order valence-corrected chi connectivity index (χ4v) is 2.97. The molecule has 0 aliphatic heterocycles. The third-order valence-corrected chi connectivity index (χ3v) is 4.54. The van der Waals surface area contributed by atoms with Gasteiger partial charge >= 0.3 is 0 Å². The van der Waals surface area contributed by atoms with Gasteiger partial charge in [-0.05, 0) is 31.2 Å². The average molecular weight is 396 g/mol. The van der Waals surface area contributed by atoms with E-state index in [1.165, 1.54) is 0 Å². The van der Waals surface area contributed by atoms with E-state index in [2.05, 4.69) is 32.2 Å². The molecule has 4 rings (SSSR count). The highest BCUT2D eigenvalue weighted by atomic mass is 35.5. The van der Waals surface area contributed by atoms with Crippen molar-refractivity contribution in [2.45, 2.75) is 20.0 Å². The van der Waals surface area contributed by atoms with Crippen molar-refractivity contribution in [1.29, 1.82) is 0 Å². The summed E-state index contributed by atoms with van der Waals surface area (Å²) in [6.07, 6.45) is 3.44. The Morgan fingerprint density at radius 1 is 1.18 bits per heavy atom. The molecule has 0 unspecified atom stereocenters. The molecule has 0 amide bonds. The van der Waals surface area contributed by atoms with E-state index in [9.17, 15) is 0 Å². The lowest BCUT2D eigenvalue weighted by Crippen LogP contribution is -2.20. The summed E-state index contributed by atoms with van der Waals surface area (Å²) in [6.45, 7) is 3.50. The minimum atomic E-state index is 0.405. The zero-order valence-electron chi connectivity index (χ0n) is 15.4. The summed E-state index contributed by atoms with van der Waals surface area (Å²) in [6, 6.07) is 11.1. The van der Waals surface area contributed by atoms with Crippen LogP contribution in [0.3, 0.4) is 0 Å². The van der Waals surface area contributed by atoms with Crippen LogP contribution in [0.4, 0.5) is 5.82 Å². The molecule has 4 aromatic rings. The average Bonchev–Trinajstić information content (AvgIpc) is 3.37. The van der Waals surface area contributed by atoms with Gasteiger partial charge in [-0.2, -0.15) is 4.98 Å².